The van der Waals surface area contributed by atoms with Crippen LogP contribution in [0.3, 0.4) is 0 Å². The molecule has 2 aromatic heterocycles. The first-order chi connectivity index (χ1) is 17.3. The van der Waals surface area contributed by atoms with E-state index in [9.17, 15) is 14.0 Å². The van der Waals surface area contributed by atoms with Gasteiger partial charge in [-0.2, -0.15) is 5.10 Å². The molecule has 196 valence electrons. The molecular weight excluding hydrogens is 457 g/mol. The number of halogens is 1. The highest BCUT2D eigenvalue weighted by Gasteiger charge is 2.63. The minimum atomic E-state index is -0.475. The molecule has 0 radical (unpaired) electrons. The summed E-state index contributed by atoms with van der Waals surface area (Å²) in [6, 6.07) is 3.25. The summed E-state index contributed by atoms with van der Waals surface area (Å²) in [7, 11) is 0. The fourth-order valence-corrected chi connectivity index (χ4v) is 6.32. The maximum absolute atomic E-state index is 14.4. The van der Waals surface area contributed by atoms with E-state index in [1.165, 1.54) is 38.3 Å². The molecule has 2 fully saturated rings. The monoisotopic (exact) mass is 497 g/mol. The fraction of sp³-hybridized carbons (Fsp3) is 0.643. The highest BCUT2D eigenvalue weighted by molar-refractivity contribution is 5.94. The summed E-state index contributed by atoms with van der Waals surface area (Å²) in [5.74, 6) is -0.179. The van der Waals surface area contributed by atoms with Crippen LogP contribution < -0.4 is 5.73 Å². The maximum atomic E-state index is 14.4. The minimum absolute atomic E-state index is 0.136. The number of piperidine rings is 1. The summed E-state index contributed by atoms with van der Waals surface area (Å²) in [4.78, 5) is 31.8. The summed E-state index contributed by atoms with van der Waals surface area (Å²) >= 11 is 0. The Morgan fingerprint density at radius 1 is 1.22 bits per heavy atom. The number of aromatic nitrogens is 3. The Labute approximate surface area is 213 Å². The van der Waals surface area contributed by atoms with Crippen molar-refractivity contribution >= 4 is 11.8 Å². The SMILES string of the molecule is CCCCCCCC(CC)C1CC12CC(C(N)=O)CCN2C(=O)c1cc(-c2cc(C)ncc2F)n[nH]1. The number of primary amides is 1. The molecule has 4 unspecified atom stereocenters. The number of nitrogens with two attached hydrogens (primary N) is 1. The smallest absolute Gasteiger partial charge is 0.272 e. The van der Waals surface area contributed by atoms with Crippen LogP contribution in [0.5, 0.6) is 0 Å². The molecule has 2 amide bonds. The molecule has 2 aliphatic rings. The Balaban J connectivity index is 1.53. The molecule has 1 saturated heterocycles. The Morgan fingerprint density at radius 3 is 2.72 bits per heavy atom. The molecule has 1 aliphatic heterocycles. The van der Waals surface area contributed by atoms with Crippen molar-refractivity contribution in [2.24, 2.45) is 23.5 Å². The third-order valence-electron chi connectivity index (χ3n) is 8.44. The highest BCUT2D eigenvalue weighted by Crippen LogP contribution is 2.60. The van der Waals surface area contributed by atoms with Gasteiger partial charge in [0.05, 0.1) is 11.9 Å². The number of carbonyl (C=O) groups excluding carboxylic acids is 2. The van der Waals surface area contributed by atoms with Crippen LogP contribution in [0, 0.1) is 30.5 Å². The molecule has 8 heteroatoms. The number of unbranched alkanes of at least 4 members (excludes halogenated alkanes) is 4. The molecule has 1 aliphatic carbocycles. The van der Waals surface area contributed by atoms with Crippen molar-refractivity contribution in [3.63, 3.8) is 0 Å². The van der Waals surface area contributed by atoms with Crippen LogP contribution in [0.2, 0.25) is 0 Å². The second kappa shape index (κ2) is 11.1. The lowest BCUT2D eigenvalue weighted by molar-refractivity contribution is -0.124. The van der Waals surface area contributed by atoms with Gasteiger partial charge >= 0.3 is 0 Å². The van der Waals surface area contributed by atoms with E-state index in [4.69, 9.17) is 5.73 Å². The van der Waals surface area contributed by atoms with Crippen molar-refractivity contribution in [1.82, 2.24) is 20.1 Å². The summed E-state index contributed by atoms with van der Waals surface area (Å²) < 4.78 is 14.4. The van der Waals surface area contributed by atoms with Crippen LogP contribution in [0.4, 0.5) is 4.39 Å². The van der Waals surface area contributed by atoms with Crippen LogP contribution >= 0.6 is 0 Å². The quantitative estimate of drug-likeness (QED) is 0.405. The number of nitrogens with zero attached hydrogens (tertiary/aromatic N) is 3. The summed E-state index contributed by atoms with van der Waals surface area (Å²) in [6.45, 7) is 6.74. The molecule has 4 rings (SSSR count). The first kappa shape index (κ1) is 26.3. The minimum Gasteiger partial charge on any atom is -0.369 e. The number of amides is 2. The van der Waals surface area contributed by atoms with Gasteiger partial charge in [0, 0.05) is 29.3 Å². The van der Waals surface area contributed by atoms with Crippen LogP contribution in [-0.2, 0) is 4.79 Å². The Kier molecular flexibility index (Phi) is 8.10. The van der Waals surface area contributed by atoms with E-state index in [2.05, 4.69) is 29.0 Å². The van der Waals surface area contributed by atoms with Crippen molar-refractivity contribution in [2.45, 2.75) is 90.5 Å². The van der Waals surface area contributed by atoms with Gasteiger partial charge in [-0.1, -0.05) is 58.8 Å². The van der Waals surface area contributed by atoms with Crippen LogP contribution in [-0.4, -0.2) is 44.0 Å². The standard InChI is InChI=1S/C28H40FN5O2/c1-4-6-7-8-9-10-19(5-2)22-16-28(22)15-20(26(30)35)11-12-34(28)27(36)25-14-24(32-33-25)21-13-18(3)31-17-23(21)29/h13-14,17,19-20,22H,4-12,15-16H2,1-3H3,(H2,30,35)(H,32,33). The van der Waals surface area contributed by atoms with Crippen LogP contribution in [0.15, 0.2) is 18.3 Å². The number of aryl methyl sites for hydroxylation is 1. The molecule has 4 atom stereocenters. The largest absolute Gasteiger partial charge is 0.369 e. The lowest BCUT2D eigenvalue weighted by atomic mass is 9.82. The molecule has 3 N–H and O–H groups in total. The first-order valence-electron chi connectivity index (χ1n) is 13.6. The number of hydrogen-bond donors (Lipinski definition) is 2. The van der Waals surface area contributed by atoms with E-state index in [-0.39, 0.29) is 23.3 Å². The first-order valence-corrected chi connectivity index (χ1v) is 13.6. The number of rotatable bonds is 11. The van der Waals surface area contributed by atoms with E-state index in [1.807, 2.05) is 4.90 Å². The molecule has 36 heavy (non-hydrogen) atoms. The third kappa shape index (κ3) is 5.32. The number of pyridine rings is 1. The number of likely N-dealkylation sites (tertiary alicyclic amines) is 1. The fourth-order valence-electron chi connectivity index (χ4n) is 6.32. The van der Waals surface area contributed by atoms with Gasteiger partial charge < -0.3 is 10.6 Å². The number of H-pyrrole nitrogens is 1. The Bertz CT molecular complexity index is 1090. The topological polar surface area (TPSA) is 105 Å². The Morgan fingerprint density at radius 2 is 2.00 bits per heavy atom. The van der Waals surface area contributed by atoms with Crippen LogP contribution in [0.1, 0.15) is 94.2 Å². The van der Waals surface area contributed by atoms with Gasteiger partial charge in [0.2, 0.25) is 5.91 Å². The zero-order valence-corrected chi connectivity index (χ0v) is 21.9. The average molecular weight is 498 g/mol. The predicted octanol–water partition coefficient (Wildman–Crippen LogP) is 5.40. The van der Waals surface area contributed by atoms with Crippen molar-refractivity contribution in [3.8, 4) is 11.3 Å². The summed E-state index contributed by atoms with van der Waals surface area (Å²) in [5.41, 5.74) is 7.11. The number of carbonyl (C=O) groups is 2. The number of aromatic amines is 1. The second-order valence-electron chi connectivity index (χ2n) is 10.8. The third-order valence-corrected chi connectivity index (χ3v) is 8.44. The highest BCUT2D eigenvalue weighted by atomic mass is 19.1. The van der Waals surface area contributed by atoms with Crippen molar-refractivity contribution < 1.29 is 14.0 Å². The zero-order chi connectivity index (χ0) is 25.9. The molecule has 1 spiro atoms. The van der Waals surface area contributed by atoms with Gasteiger partial charge in [-0.15, -0.1) is 0 Å². The van der Waals surface area contributed by atoms with Crippen molar-refractivity contribution in [3.05, 3.63) is 35.5 Å². The number of hydrogen-bond acceptors (Lipinski definition) is 4. The van der Waals surface area contributed by atoms with Gasteiger partial charge in [-0.25, -0.2) is 4.39 Å². The summed E-state index contributed by atoms with van der Waals surface area (Å²) in [6.07, 6.45) is 11.8. The van der Waals surface area contributed by atoms with E-state index < -0.39 is 5.82 Å². The van der Waals surface area contributed by atoms with Crippen molar-refractivity contribution in [1.29, 1.82) is 0 Å². The summed E-state index contributed by atoms with van der Waals surface area (Å²) in [5, 5.41) is 7.08. The lowest BCUT2D eigenvalue weighted by Gasteiger charge is -2.41. The average Bonchev–Trinajstić information content (AvgIpc) is 3.33. The predicted molar refractivity (Wildman–Crippen MR) is 137 cm³/mol. The molecule has 7 nitrogen and oxygen atoms in total. The Hall–Kier alpha value is -2.77. The molecule has 2 aromatic rings. The second-order valence-corrected chi connectivity index (χ2v) is 10.8. The zero-order valence-electron chi connectivity index (χ0n) is 21.9. The molecule has 0 aromatic carbocycles. The molecular formula is C28H40FN5O2. The normalized spacial score (nSPS) is 24.2. The van der Waals surface area contributed by atoms with Crippen molar-refractivity contribution in [2.75, 3.05) is 6.54 Å². The van der Waals surface area contributed by atoms with E-state index in [1.54, 1.807) is 19.1 Å². The van der Waals surface area contributed by atoms with Gasteiger partial charge in [0.1, 0.15) is 5.69 Å². The van der Waals surface area contributed by atoms with E-state index in [0.717, 1.165) is 19.3 Å². The molecule has 3 heterocycles. The van der Waals surface area contributed by atoms with Gasteiger partial charge in [0.15, 0.2) is 5.82 Å². The van der Waals surface area contributed by atoms with E-state index in [0.29, 0.717) is 53.9 Å². The molecule has 1 saturated carbocycles. The molecule has 0 bridgehead atoms. The van der Waals surface area contributed by atoms with Crippen LogP contribution in [0.25, 0.3) is 11.3 Å². The van der Waals surface area contributed by atoms with Gasteiger partial charge in [0.25, 0.3) is 5.91 Å². The maximum Gasteiger partial charge on any atom is 0.272 e. The van der Waals surface area contributed by atoms with E-state index >= 15 is 0 Å². The number of nitrogens with one attached hydrogen (secondary N) is 1. The van der Waals surface area contributed by atoms with Gasteiger partial charge in [-0.3, -0.25) is 19.7 Å². The lowest BCUT2D eigenvalue weighted by Crippen LogP contribution is -2.52. The van der Waals surface area contributed by atoms with Gasteiger partial charge in [-0.05, 0) is 50.2 Å².